The second-order valence-corrected chi connectivity index (χ2v) is 24.4. The first-order chi connectivity index (χ1) is 42.7. The van der Waals surface area contributed by atoms with Crippen LogP contribution in [0.3, 0.4) is 0 Å². The molecule has 0 unspecified atom stereocenters. The van der Waals surface area contributed by atoms with Gasteiger partial charge in [0.2, 0.25) is 0 Å². The van der Waals surface area contributed by atoms with E-state index in [9.17, 15) is 0 Å². The molecule has 17 aromatic rings. The maximum Gasteiger partial charge on any atom is 0.0640 e. The molecule has 2 heterocycles. The highest BCUT2D eigenvalue weighted by atomic mass is 32.1. The van der Waals surface area contributed by atoms with Crippen molar-refractivity contribution in [3.63, 3.8) is 0 Å². The molecule has 0 N–H and O–H groups in total. The summed E-state index contributed by atoms with van der Waals surface area (Å²) in [4.78, 5) is 4.96. The first kappa shape index (κ1) is 49.9. The SMILES string of the molecule is c1ccc(-c2ccc(N(c3ccc(-c4ccc5ccc6c(-c7ccc(N(c8ccccc8-c8ccccc8)c8cccc9c8sc8ccccc89)cc7)ccc7ccc4c5c76)cc3)c3cccc4c3sc3ccccc34)c(-c3ccccc3)c2)cc1. The molecule has 0 aliphatic carbocycles. The average molecular weight is 1130 g/mol. The average Bonchev–Trinajstić information content (AvgIpc) is 1.32. The van der Waals surface area contributed by atoms with Crippen LogP contribution in [-0.4, -0.2) is 0 Å². The van der Waals surface area contributed by atoms with Gasteiger partial charge in [0.15, 0.2) is 0 Å². The van der Waals surface area contributed by atoms with Crippen molar-refractivity contribution in [2.75, 3.05) is 9.80 Å². The largest absolute Gasteiger partial charge is 0.308 e. The third-order valence-electron chi connectivity index (χ3n) is 17.4. The van der Waals surface area contributed by atoms with E-state index >= 15 is 0 Å². The Labute approximate surface area is 506 Å². The van der Waals surface area contributed by atoms with Crippen LogP contribution in [0.2, 0.25) is 0 Å². The van der Waals surface area contributed by atoms with Gasteiger partial charge in [0, 0.05) is 53.4 Å². The topological polar surface area (TPSA) is 6.48 Å². The quantitative estimate of drug-likeness (QED) is 0.119. The van der Waals surface area contributed by atoms with Gasteiger partial charge in [0.1, 0.15) is 0 Å². The van der Waals surface area contributed by atoms with Gasteiger partial charge in [-0.1, -0.05) is 249 Å². The van der Waals surface area contributed by atoms with Gasteiger partial charge in [-0.15, -0.1) is 22.7 Å². The Balaban J connectivity index is 0.779. The summed E-state index contributed by atoms with van der Waals surface area (Å²) in [5, 5.41) is 12.7. The van der Waals surface area contributed by atoms with E-state index in [4.69, 9.17) is 0 Å². The third kappa shape index (κ3) is 8.29. The van der Waals surface area contributed by atoms with E-state index in [0.29, 0.717) is 0 Å². The smallest absolute Gasteiger partial charge is 0.0640 e. The Hall–Kier alpha value is -10.6. The Morgan fingerprint density at radius 3 is 1.12 bits per heavy atom. The van der Waals surface area contributed by atoms with Crippen molar-refractivity contribution < 1.29 is 0 Å². The maximum atomic E-state index is 2.49. The molecule has 0 saturated heterocycles. The number of para-hydroxylation sites is 1. The summed E-state index contributed by atoms with van der Waals surface area (Å²) in [7, 11) is 0. The van der Waals surface area contributed by atoms with Gasteiger partial charge in [0.05, 0.1) is 32.1 Å². The standard InChI is InChI=1S/C82H52N2S2/c1-4-18-53(19-5-1)60-42-51-74(72(52-60)55-22-8-3-9-23-55)84(76-31-17-28-71-67-26-12-15-33-78(67)86-82(71)76)62-45-36-57(37-46-62)64-48-39-59-40-49-68-63(47-38-58-41-50-69(64)80(59)79(58)68)56-34-43-61(44-35-56)83(73-29-13-10-24-65(73)54-20-6-2-7-21-54)75-30-16-27-70-66-25-11-14-32-77(66)85-81(70)75/h1-52H. The van der Waals surface area contributed by atoms with Gasteiger partial charge >= 0.3 is 0 Å². The predicted octanol–water partition coefficient (Wildman–Crippen LogP) is 24.6. The van der Waals surface area contributed by atoms with E-state index in [-0.39, 0.29) is 0 Å². The van der Waals surface area contributed by atoms with Gasteiger partial charge in [-0.25, -0.2) is 0 Å². The number of anilines is 6. The van der Waals surface area contributed by atoms with Crippen LogP contribution in [0.4, 0.5) is 34.1 Å². The number of fused-ring (bicyclic) bond motifs is 6. The summed E-state index contributed by atoms with van der Waals surface area (Å²) in [5.74, 6) is 0. The van der Waals surface area contributed by atoms with Crippen LogP contribution in [0.5, 0.6) is 0 Å². The fraction of sp³-hybridized carbons (Fsp3) is 0. The van der Waals surface area contributed by atoms with Crippen molar-refractivity contribution in [3.8, 4) is 55.6 Å². The molecular formula is C82H52N2S2. The molecule has 402 valence electrons. The number of nitrogens with zero attached hydrogens (tertiary/aromatic N) is 2. The van der Waals surface area contributed by atoms with Crippen molar-refractivity contribution >= 4 is 129 Å². The van der Waals surface area contributed by atoms with E-state index in [1.54, 1.807) is 0 Å². The van der Waals surface area contributed by atoms with Crippen molar-refractivity contribution in [1.29, 1.82) is 0 Å². The number of benzene rings is 15. The molecule has 0 spiro atoms. The molecule has 86 heavy (non-hydrogen) atoms. The molecular weight excluding hydrogens is 1080 g/mol. The fourth-order valence-corrected chi connectivity index (χ4v) is 15.9. The first-order valence-electron chi connectivity index (χ1n) is 29.4. The molecule has 0 saturated carbocycles. The number of rotatable bonds is 11. The highest BCUT2D eigenvalue weighted by Crippen LogP contribution is 2.51. The first-order valence-corrected chi connectivity index (χ1v) is 31.0. The highest BCUT2D eigenvalue weighted by molar-refractivity contribution is 7.26. The molecule has 17 rings (SSSR count). The van der Waals surface area contributed by atoms with Crippen molar-refractivity contribution in [3.05, 3.63) is 315 Å². The molecule has 0 aliphatic heterocycles. The lowest BCUT2D eigenvalue weighted by Gasteiger charge is -2.29. The molecule has 0 radical (unpaired) electrons. The van der Waals surface area contributed by atoms with Gasteiger partial charge in [-0.05, 0) is 144 Å². The van der Waals surface area contributed by atoms with Crippen molar-refractivity contribution in [1.82, 2.24) is 0 Å². The summed E-state index contributed by atoms with van der Waals surface area (Å²) >= 11 is 3.74. The second-order valence-electron chi connectivity index (χ2n) is 22.3. The summed E-state index contributed by atoms with van der Waals surface area (Å²) < 4.78 is 5.11. The number of hydrogen-bond acceptors (Lipinski definition) is 4. The molecule has 0 fully saturated rings. The minimum atomic E-state index is 1.09. The van der Waals surface area contributed by atoms with Crippen LogP contribution in [0, 0.1) is 0 Å². The van der Waals surface area contributed by atoms with Crippen LogP contribution >= 0.6 is 22.7 Å². The molecule has 2 aromatic heterocycles. The zero-order valence-corrected chi connectivity index (χ0v) is 48.4. The monoisotopic (exact) mass is 1130 g/mol. The molecule has 0 aliphatic rings. The lowest BCUT2D eigenvalue weighted by Crippen LogP contribution is -2.11. The van der Waals surface area contributed by atoms with Crippen LogP contribution in [0.1, 0.15) is 0 Å². The molecule has 0 bridgehead atoms. The molecule has 0 amide bonds. The molecule has 4 heteroatoms. The van der Waals surface area contributed by atoms with Gasteiger partial charge in [-0.3, -0.25) is 0 Å². The number of hydrogen-bond donors (Lipinski definition) is 0. The third-order valence-corrected chi connectivity index (χ3v) is 19.9. The number of thiophene rings is 2. The second kappa shape index (κ2) is 20.6. The highest BCUT2D eigenvalue weighted by Gasteiger charge is 2.25. The van der Waals surface area contributed by atoms with E-state index in [1.165, 1.54) is 134 Å². The van der Waals surface area contributed by atoms with Crippen LogP contribution in [0.25, 0.3) is 128 Å². The molecule has 15 aromatic carbocycles. The zero-order valence-electron chi connectivity index (χ0n) is 46.7. The predicted molar refractivity (Wildman–Crippen MR) is 372 cm³/mol. The maximum absolute atomic E-state index is 2.49. The summed E-state index contributed by atoms with van der Waals surface area (Å²) in [6.45, 7) is 0. The lowest BCUT2D eigenvalue weighted by atomic mass is 9.87. The lowest BCUT2D eigenvalue weighted by molar-refractivity contribution is 1.30. The van der Waals surface area contributed by atoms with Gasteiger partial charge < -0.3 is 9.80 Å². The summed E-state index contributed by atoms with van der Waals surface area (Å²) in [6.07, 6.45) is 0. The Morgan fingerprint density at radius 1 is 0.209 bits per heavy atom. The summed E-state index contributed by atoms with van der Waals surface area (Å²) in [5.41, 5.74) is 18.7. The molecule has 2 nitrogen and oxygen atoms in total. The summed E-state index contributed by atoms with van der Waals surface area (Å²) in [6, 6.07) is 117. The fourth-order valence-electron chi connectivity index (χ4n) is 13.4. The van der Waals surface area contributed by atoms with Crippen molar-refractivity contribution in [2.24, 2.45) is 0 Å². The normalized spacial score (nSPS) is 11.7. The Bertz CT molecular complexity index is 5400. The van der Waals surface area contributed by atoms with Crippen molar-refractivity contribution in [2.45, 2.75) is 0 Å². The minimum Gasteiger partial charge on any atom is -0.308 e. The van der Waals surface area contributed by atoms with E-state index in [2.05, 4.69) is 325 Å². The van der Waals surface area contributed by atoms with E-state index in [1.807, 2.05) is 22.7 Å². The molecule has 0 atom stereocenters. The van der Waals surface area contributed by atoms with Crippen LogP contribution in [0.15, 0.2) is 315 Å². The van der Waals surface area contributed by atoms with E-state index in [0.717, 1.165) is 28.4 Å². The van der Waals surface area contributed by atoms with Crippen LogP contribution in [-0.2, 0) is 0 Å². The Kier molecular flexibility index (Phi) is 12.0. The van der Waals surface area contributed by atoms with Crippen LogP contribution < -0.4 is 9.80 Å². The zero-order chi connectivity index (χ0) is 56.7. The van der Waals surface area contributed by atoms with Gasteiger partial charge in [-0.2, -0.15) is 0 Å². The van der Waals surface area contributed by atoms with Gasteiger partial charge in [0.25, 0.3) is 0 Å². The van der Waals surface area contributed by atoms with E-state index < -0.39 is 0 Å². The minimum absolute atomic E-state index is 1.09. The Morgan fingerprint density at radius 2 is 0.593 bits per heavy atom.